The molecule has 1 N–H and O–H groups in total. The van der Waals surface area contributed by atoms with Gasteiger partial charge in [0.05, 0.1) is 23.1 Å². The van der Waals surface area contributed by atoms with E-state index >= 15 is 0 Å². The molecule has 2 rings (SSSR count). The van der Waals surface area contributed by atoms with Crippen LogP contribution in [0.15, 0.2) is 51.8 Å². The van der Waals surface area contributed by atoms with Crippen molar-refractivity contribution in [2.24, 2.45) is 0 Å². The first-order valence-corrected chi connectivity index (χ1v) is 10.1. The molecule has 0 spiro atoms. The van der Waals surface area contributed by atoms with E-state index in [4.69, 9.17) is 4.74 Å². The van der Waals surface area contributed by atoms with Gasteiger partial charge in [-0.1, -0.05) is 28.1 Å². The summed E-state index contributed by atoms with van der Waals surface area (Å²) in [5, 5.41) is 2.47. The Morgan fingerprint density at radius 3 is 2.14 bits per heavy atom. The van der Waals surface area contributed by atoms with Gasteiger partial charge in [0.15, 0.2) is 0 Å². The van der Waals surface area contributed by atoms with Crippen LogP contribution in [0.1, 0.15) is 19.4 Å². The van der Waals surface area contributed by atoms with Gasteiger partial charge in [0.25, 0.3) is 9.84 Å². The molecule has 0 heterocycles. The van der Waals surface area contributed by atoms with Crippen LogP contribution in [0.2, 0.25) is 0 Å². The first-order valence-electron chi connectivity index (χ1n) is 7.87. The van der Waals surface area contributed by atoms with Crippen LogP contribution in [0.25, 0.3) is 0 Å². The monoisotopic (exact) mass is 479 g/mol. The highest BCUT2D eigenvalue weighted by Gasteiger charge is 2.47. The van der Waals surface area contributed by atoms with Crippen LogP contribution in [-0.2, 0) is 20.0 Å². The fourth-order valence-electron chi connectivity index (χ4n) is 2.36. The molecule has 2 aromatic carbocycles. The van der Waals surface area contributed by atoms with E-state index in [0.717, 1.165) is 22.7 Å². The number of nitrogens with one attached hydrogen (secondary N) is 1. The molecule has 1 amide bonds. The van der Waals surface area contributed by atoms with Gasteiger partial charge in [-0.15, -0.1) is 0 Å². The van der Waals surface area contributed by atoms with Crippen LogP contribution in [0.3, 0.4) is 0 Å². The molecule has 0 saturated heterocycles. The van der Waals surface area contributed by atoms with Crippen LogP contribution in [0.4, 0.5) is 18.9 Å². The Kier molecular flexibility index (Phi) is 6.15. The highest BCUT2D eigenvalue weighted by atomic mass is 79.9. The molecule has 0 aliphatic heterocycles. The SMILES string of the molecule is COc1ccc(S(=O)(=O)C(F)(F)F)cc1NC(=O)C(C)(C)c1ccc(Br)cc1. The minimum atomic E-state index is -5.56. The first kappa shape index (κ1) is 22.2. The lowest BCUT2D eigenvalue weighted by molar-refractivity contribution is -0.120. The zero-order chi connectivity index (χ0) is 21.3. The Labute approximate surface area is 168 Å². The quantitative estimate of drug-likeness (QED) is 0.676. The summed E-state index contributed by atoms with van der Waals surface area (Å²) in [4.78, 5) is 11.8. The highest BCUT2D eigenvalue weighted by molar-refractivity contribution is 9.10. The molecular formula is C18H17BrF3NO4S. The summed E-state index contributed by atoms with van der Waals surface area (Å²) in [6, 6.07) is 9.52. The van der Waals surface area contributed by atoms with E-state index in [-0.39, 0.29) is 11.4 Å². The summed E-state index contributed by atoms with van der Waals surface area (Å²) in [6.07, 6.45) is 0. The van der Waals surface area contributed by atoms with Gasteiger partial charge in [-0.05, 0) is 49.7 Å². The number of carbonyl (C=O) groups is 1. The maximum atomic E-state index is 12.8. The van der Waals surface area contributed by atoms with Crippen molar-refractivity contribution in [3.63, 3.8) is 0 Å². The molecule has 0 aliphatic rings. The number of benzene rings is 2. The summed E-state index contributed by atoms with van der Waals surface area (Å²) in [6.45, 7) is 3.27. The van der Waals surface area contributed by atoms with Gasteiger partial charge in [0.2, 0.25) is 5.91 Å². The van der Waals surface area contributed by atoms with Crippen LogP contribution < -0.4 is 10.1 Å². The molecule has 0 saturated carbocycles. The maximum Gasteiger partial charge on any atom is 0.501 e. The van der Waals surface area contributed by atoms with Crippen molar-refractivity contribution in [3.8, 4) is 5.75 Å². The van der Waals surface area contributed by atoms with Crippen molar-refractivity contribution in [2.75, 3.05) is 12.4 Å². The fraction of sp³-hybridized carbons (Fsp3) is 0.278. The predicted octanol–water partition coefficient (Wildman–Crippen LogP) is 4.67. The number of alkyl halides is 3. The van der Waals surface area contributed by atoms with Crippen molar-refractivity contribution < 1.29 is 31.1 Å². The van der Waals surface area contributed by atoms with E-state index in [0.29, 0.717) is 5.56 Å². The number of amides is 1. The zero-order valence-electron chi connectivity index (χ0n) is 15.1. The molecule has 5 nitrogen and oxygen atoms in total. The molecule has 0 aliphatic carbocycles. The topological polar surface area (TPSA) is 72.5 Å². The lowest BCUT2D eigenvalue weighted by Gasteiger charge is -2.25. The molecule has 0 unspecified atom stereocenters. The second kappa shape index (κ2) is 7.75. The highest BCUT2D eigenvalue weighted by Crippen LogP contribution is 2.35. The minimum Gasteiger partial charge on any atom is -0.495 e. The van der Waals surface area contributed by atoms with E-state index < -0.39 is 31.6 Å². The second-order valence-corrected chi connectivity index (χ2v) is 9.25. The molecule has 0 bridgehead atoms. The molecule has 0 radical (unpaired) electrons. The van der Waals surface area contributed by atoms with Crippen molar-refractivity contribution >= 4 is 37.4 Å². The number of anilines is 1. The first-order chi connectivity index (χ1) is 12.8. The number of sulfone groups is 1. The lowest BCUT2D eigenvalue weighted by Crippen LogP contribution is -2.35. The van der Waals surface area contributed by atoms with E-state index in [1.807, 2.05) is 0 Å². The van der Waals surface area contributed by atoms with Crippen LogP contribution in [0.5, 0.6) is 5.75 Å². The van der Waals surface area contributed by atoms with Gasteiger partial charge in [0.1, 0.15) is 5.75 Å². The number of ether oxygens (including phenoxy) is 1. The van der Waals surface area contributed by atoms with Crippen molar-refractivity contribution in [2.45, 2.75) is 29.7 Å². The van der Waals surface area contributed by atoms with E-state index in [9.17, 15) is 26.4 Å². The Hall–Kier alpha value is -2.07. The molecule has 152 valence electrons. The summed E-state index contributed by atoms with van der Waals surface area (Å²) in [5.41, 5.74) is -6.03. The number of rotatable bonds is 5. The number of methoxy groups -OCH3 is 1. The Bertz CT molecular complexity index is 987. The van der Waals surface area contributed by atoms with Crippen molar-refractivity contribution in [3.05, 3.63) is 52.5 Å². The standard InChI is InChI=1S/C18H17BrF3NO4S/c1-17(2,11-4-6-12(19)7-5-11)16(24)23-14-10-13(8-9-15(14)27-3)28(25,26)18(20,21)22/h4-10H,1-3H3,(H,23,24). The van der Waals surface area contributed by atoms with E-state index in [1.54, 1.807) is 38.1 Å². The molecule has 0 fully saturated rings. The van der Waals surface area contributed by atoms with Gasteiger partial charge in [-0.3, -0.25) is 4.79 Å². The van der Waals surface area contributed by atoms with Gasteiger partial charge in [-0.25, -0.2) is 8.42 Å². The van der Waals surface area contributed by atoms with E-state index in [1.165, 1.54) is 7.11 Å². The smallest absolute Gasteiger partial charge is 0.495 e. The number of halogens is 4. The maximum absolute atomic E-state index is 12.8. The molecule has 0 atom stereocenters. The summed E-state index contributed by atoms with van der Waals surface area (Å²) >= 11 is 3.30. The third-order valence-electron chi connectivity index (χ3n) is 4.17. The molecular weight excluding hydrogens is 463 g/mol. The number of hydrogen-bond donors (Lipinski definition) is 1. The van der Waals surface area contributed by atoms with Crippen LogP contribution in [-0.4, -0.2) is 26.9 Å². The Morgan fingerprint density at radius 1 is 1.07 bits per heavy atom. The average Bonchev–Trinajstić information content (AvgIpc) is 2.61. The van der Waals surface area contributed by atoms with Crippen molar-refractivity contribution in [1.29, 1.82) is 0 Å². The van der Waals surface area contributed by atoms with E-state index in [2.05, 4.69) is 21.2 Å². The third-order valence-corrected chi connectivity index (χ3v) is 6.18. The molecule has 2 aromatic rings. The zero-order valence-corrected chi connectivity index (χ0v) is 17.5. The predicted molar refractivity (Wildman–Crippen MR) is 102 cm³/mol. The number of carbonyl (C=O) groups excluding carboxylic acids is 1. The second-order valence-electron chi connectivity index (χ2n) is 6.40. The normalized spacial score (nSPS) is 12.5. The van der Waals surface area contributed by atoms with Gasteiger partial charge in [-0.2, -0.15) is 13.2 Å². The summed E-state index contributed by atoms with van der Waals surface area (Å²) < 4.78 is 67.7. The van der Waals surface area contributed by atoms with Gasteiger partial charge < -0.3 is 10.1 Å². The number of hydrogen-bond acceptors (Lipinski definition) is 4. The summed E-state index contributed by atoms with van der Waals surface area (Å²) in [7, 11) is -4.31. The molecule has 0 aromatic heterocycles. The fourth-order valence-corrected chi connectivity index (χ4v) is 3.41. The van der Waals surface area contributed by atoms with Crippen LogP contribution >= 0.6 is 15.9 Å². The minimum absolute atomic E-state index is 0.0288. The van der Waals surface area contributed by atoms with Gasteiger partial charge in [0, 0.05) is 4.47 Å². The molecule has 10 heteroatoms. The van der Waals surface area contributed by atoms with Gasteiger partial charge >= 0.3 is 5.51 Å². The Morgan fingerprint density at radius 2 is 1.64 bits per heavy atom. The lowest BCUT2D eigenvalue weighted by atomic mass is 9.83. The third kappa shape index (κ3) is 4.33. The molecule has 28 heavy (non-hydrogen) atoms. The Balaban J connectivity index is 2.43. The average molecular weight is 480 g/mol. The van der Waals surface area contributed by atoms with Crippen LogP contribution in [0, 0.1) is 0 Å². The summed E-state index contributed by atoms with van der Waals surface area (Å²) in [5.74, 6) is -0.518. The largest absolute Gasteiger partial charge is 0.501 e. The van der Waals surface area contributed by atoms with Crippen molar-refractivity contribution in [1.82, 2.24) is 0 Å².